The molecule has 2 aromatic rings. The summed E-state index contributed by atoms with van der Waals surface area (Å²) in [4.78, 5) is 31.6. The van der Waals surface area contributed by atoms with E-state index in [0.29, 0.717) is 36.8 Å². The Morgan fingerprint density at radius 3 is 2.42 bits per heavy atom. The summed E-state index contributed by atoms with van der Waals surface area (Å²) in [5.41, 5.74) is 1.48. The van der Waals surface area contributed by atoms with Crippen molar-refractivity contribution in [3.63, 3.8) is 0 Å². The van der Waals surface area contributed by atoms with Crippen LogP contribution in [0.2, 0.25) is 5.02 Å². The van der Waals surface area contributed by atoms with Crippen molar-refractivity contribution in [3.05, 3.63) is 64.9 Å². The lowest BCUT2D eigenvalue weighted by atomic mass is 10.1. The minimum absolute atomic E-state index is 0.238. The second kappa shape index (κ2) is 14.8. The van der Waals surface area contributed by atoms with E-state index < -0.39 is 0 Å². The molecule has 6 nitrogen and oxygen atoms in total. The first kappa shape index (κ1) is 27.9. The minimum Gasteiger partial charge on any atom is -0.340 e. The quantitative estimate of drug-likeness (QED) is 0.351. The molecule has 3 amide bonds. The van der Waals surface area contributed by atoms with E-state index in [1.165, 1.54) is 31.4 Å². The normalized spacial score (nSPS) is 14.0. The molecule has 1 aliphatic rings. The Kier molecular flexibility index (Phi) is 11.5. The lowest BCUT2D eigenvalue weighted by molar-refractivity contribution is -0.133. The predicted octanol–water partition coefficient (Wildman–Crippen LogP) is 6.02. The van der Waals surface area contributed by atoms with Crippen molar-refractivity contribution in [1.82, 2.24) is 14.7 Å². The molecule has 8 heteroatoms. The first-order chi connectivity index (χ1) is 17.4. The van der Waals surface area contributed by atoms with Crippen LogP contribution in [0, 0.1) is 5.82 Å². The predicted molar refractivity (Wildman–Crippen MR) is 144 cm³/mol. The topological polar surface area (TPSA) is 55.9 Å². The van der Waals surface area contributed by atoms with E-state index in [4.69, 9.17) is 11.6 Å². The van der Waals surface area contributed by atoms with Gasteiger partial charge in [0.2, 0.25) is 5.91 Å². The molecule has 0 spiro atoms. The number of hydrogen-bond donors (Lipinski definition) is 1. The summed E-state index contributed by atoms with van der Waals surface area (Å²) in [5, 5.41) is 3.46. The number of piperazine rings is 1. The van der Waals surface area contributed by atoms with Gasteiger partial charge in [0.25, 0.3) is 0 Å². The van der Waals surface area contributed by atoms with Crippen LogP contribution < -0.4 is 5.32 Å². The highest BCUT2D eigenvalue weighted by Crippen LogP contribution is 2.17. The summed E-state index contributed by atoms with van der Waals surface area (Å²) in [5.74, 6) is -0.0490. The average molecular weight is 517 g/mol. The van der Waals surface area contributed by atoms with Gasteiger partial charge in [0.05, 0.1) is 0 Å². The van der Waals surface area contributed by atoms with E-state index in [9.17, 15) is 14.0 Å². The number of carbonyl (C=O) groups excluding carboxylic acids is 2. The largest absolute Gasteiger partial charge is 0.340 e. The summed E-state index contributed by atoms with van der Waals surface area (Å²) in [7, 11) is 0. The molecule has 36 heavy (non-hydrogen) atoms. The van der Waals surface area contributed by atoms with Crippen LogP contribution in [0.1, 0.15) is 51.0 Å². The molecule has 1 N–H and O–H groups in total. The maximum Gasteiger partial charge on any atom is 0.322 e. The van der Waals surface area contributed by atoms with Gasteiger partial charge in [-0.05, 0) is 42.3 Å². The summed E-state index contributed by atoms with van der Waals surface area (Å²) >= 11 is 6.06. The lowest BCUT2D eigenvalue weighted by Gasteiger charge is -2.36. The molecule has 0 saturated carbocycles. The van der Waals surface area contributed by atoms with Gasteiger partial charge in [-0.3, -0.25) is 9.69 Å². The van der Waals surface area contributed by atoms with E-state index in [1.54, 1.807) is 41.3 Å². The average Bonchev–Trinajstić information content (AvgIpc) is 2.87. The molecule has 0 bridgehead atoms. The molecular weight excluding hydrogens is 479 g/mol. The van der Waals surface area contributed by atoms with Crippen LogP contribution in [0.3, 0.4) is 0 Å². The van der Waals surface area contributed by atoms with Crippen molar-refractivity contribution < 1.29 is 14.0 Å². The number of hydrogen-bond acceptors (Lipinski definition) is 3. The zero-order valence-corrected chi connectivity index (χ0v) is 22.0. The summed E-state index contributed by atoms with van der Waals surface area (Å²) in [6.07, 6.45) is 6.39. The van der Waals surface area contributed by atoms with Gasteiger partial charge in [-0.15, -0.1) is 0 Å². The SMILES string of the molecule is CCCCCCCC(=O)N1CCN(CCN(Cc2ccc(F)cc2)C(=O)Nc2cccc(Cl)c2)CC1. The molecule has 0 aromatic heterocycles. The van der Waals surface area contributed by atoms with Crippen molar-refractivity contribution in [2.75, 3.05) is 44.6 Å². The third kappa shape index (κ3) is 9.43. The maximum absolute atomic E-state index is 13.4. The Labute approximate surface area is 219 Å². The van der Waals surface area contributed by atoms with E-state index in [-0.39, 0.29) is 17.8 Å². The monoisotopic (exact) mass is 516 g/mol. The Balaban J connectivity index is 1.50. The molecular formula is C28H38ClFN4O2. The van der Waals surface area contributed by atoms with E-state index in [2.05, 4.69) is 17.1 Å². The van der Waals surface area contributed by atoms with Gasteiger partial charge in [0.1, 0.15) is 5.82 Å². The Morgan fingerprint density at radius 2 is 1.72 bits per heavy atom. The number of unbranched alkanes of at least 4 members (excludes halogenated alkanes) is 4. The van der Waals surface area contributed by atoms with Gasteiger partial charge in [-0.25, -0.2) is 9.18 Å². The number of anilines is 1. The Hall–Kier alpha value is -2.64. The van der Waals surface area contributed by atoms with E-state index >= 15 is 0 Å². The molecule has 0 radical (unpaired) electrons. The third-order valence-electron chi connectivity index (χ3n) is 6.56. The van der Waals surface area contributed by atoms with Crippen LogP contribution in [0.25, 0.3) is 0 Å². The number of halogens is 2. The van der Waals surface area contributed by atoms with Gasteiger partial charge < -0.3 is 15.1 Å². The van der Waals surface area contributed by atoms with Gasteiger partial charge >= 0.3 is 6.03 Å². The van der Waals surface area contributed by atoms with Gasteiger partial charge in [0.15, 0.2) is 0 Å². The smallest absolute Gasteiger partial charge is 0.322 e. The molecule has 0 atom stereocenters. The zero-order chi connectivity index (χ0) is 25.8. The summed E-state index contributed by atoms with van der Waals surface area (Å²) in [6.45, 7) is 6.80. The van der Waals surface area contributed by atoms with Crippen LogP contribution in [-0.4, -0.2) is 65.9 Å². The number of nitrogens with one attached hydrogen (secondary N) is 1. The number of amides is 3. The fourth-order valence-corrected chi connectivity index (χ4v) is 4.54. The first-order valence-corrected chi connectivity index (χ1v) is 13.4. The van der Waals surface area contributed by atoms with Crippen molar-refractivity contribution in [2.24, 2.45) is 0 Å². The molecule has 3 rings (SSSR count). The standard InChI is InChI=1S/C28H38ClFN4O2/c1-2-3-4-5-6-10-27(35)33-18-15-32(16-19-33)17-20-34(22-23-11-13-25(30)14-12-23)28(36)31-26-9-7-8-24(29)21-26/h7-9,11-14,21H,2-6,10,15-20,22H2,1H3,(H,31,36). The third-order valence-corrected chi connectivity index (χ3v) is 6.79. The summed E-state index contributed by atoms with van der Waals surface area (Å²) in [6, 6.07) is 13.0. The zero-order valence-electron chi connectivity index (χ0n) is 21.2. The number of rotatable bonds is 12. The second-order valence-corrected chi connectivity index (χ2v) is 9.81. The fraction of sp³-hybridized carbons (Fsp3) is 0.500. The van der Waals surface area contributed by atoms with E-state index in [0.717, 1.165) is 44.6 Å². The highest BCUT2D eigenvalue weighted by molar-refractivity contribution is 6.30. The molecule has 0 unspecified atom stereocenters. The van der Waals surface area contributed by atoms with Gasteiger partial charge in [-0.1, -0.05) is 62.4 Å². The van der Waals surface area contributed by atoms with Gasteiger partial charge in [-0.2, -0.15) is 0 Å². The summed E-state index contributed by atoms with van der Waals surface area (Å²) < 4.78 is 13.4. The van der Waals surface area contributed by atoms with Crippen molar-refractivity contribution in [1.29, 1.82) is 0 Å². The van der Waals surface area contributed by atoms with Crippen LogP contribution in [0.5, 0.6) is 0 Å². The number of benzene rings is 2. The molecule has 1 saturated heterocycles. The van der Waals surface area contributed by atoms with Crippen molar-refractivity contribution in [2.45, 2.75) is 52.0 Å². The van der Waals surface area contributed by atoms with Crippen LogP contribution in [0.15, 0.2) is 48.5 Å². The molecule has 196 valence electrons. The van der Waals surface area contributed by atoms with Gasteiger partial charge in [0, 0.05) is 62.9 Å². The Morgan fingerprint density at radius 1 is 1.00 bits per heavy atom. The van der Waals surface area contributed by atoms with Crippen LogP contribution in [0.4, 0.5) is 14.9 Å². The number of urea groups is 1. The van der Waals surface area contributed by atoms with Crippen molar-refractivity contribution in [3.8, 4) is 0 Å². The van der Waals surface area contributed by atoms with E-state index in [1.807, 2.05) is 4.90 Å². The van der Waals surface area contributed by atoms with Crippen LogP contribution >= 0.6 is 11.6 Å². The minimum atomic E-state index is -0.304. The maximum atomic E-state index is 13.4. The molecule has 1 aliphatic heterocycles. The fourth-order valence-electron chi connectivity index (χ4n) is 4.35. The molecule has 1 heterocycles. The molecule has 2 aromatic carbocycles. The molecule has 1 fully saturated rings. The highest BCUT2D eigenvalue weighted by Gasteiger charge is 2.22. The molecule has 0 aliphatic carbocycles. The lowest BCUT2D eigenvalue weighted by Crippen LogP contribution is -2.50. The van der Waals surface area contributed by atoms with Crippen molar-refractivity contribution >= 4 is 29.2 Å². The highest BCUT2D eigenvalue weighted by atomic mass is 35.5. The Bertz CT molecular complexity index is 964. The van der Waals surface area contributed by atoms with Crippen LogP contribution in [-0.2, 0) is 11.3 Å². The number of nitrogens with zero attached hydrogens (tertiary/aromatic N) is 3. The number of carbonyl (C=O) groups is 2. The first-order valence-electron chi connectivity index (χ1n) is 13.0. The second-order valence-electron chi connectivity index (χ2n) is 9.38.